The molecule has 0 fully saturated rings. The molecule has 0 radical (unpaired) electrons. The van der Waals surface area contributed by atoms with Crippen LogP contribution in [0.3, 0.4) is 0 Å². The first-order valence-corrected chi connectivity index (χ1v) is 9.58. The molecule has 2 N–H and O–H groups in total. The fourth-order valence-electron chi connectivity index (χ4n) is 2.47. The van der Waals surface area contributed by atoms with E-state index in [0.29, 0.717) is 12.3 Å². The fraction of sp³-hybridized carbons (Fsp3) is 0.250. The molecule has 1 aliphatic heterocycles. The minimum atomic E-state index is 0.0433. The van der Waals surface area contributed by atoms with E-state index in [0.717, 1.165) is 33.6 Å². The van der Waals surface area contributed by atoms with Crippen LogP contribution in [0.1, 0.15) is 25.8 Å². The molecular formula is C20H22N4OS. The number of benzene rings is 2. The highest BCUT2D eigenvalue weighted by atomic mass is 32.2. The number of aliphatic imine (C=N–C) groups is 1. The van der Waals surface area contributed by atoms with E-state index in [4.69, 9.17) is 0 Å². The minimum Gasteiger partial charge on any atom is -0.326 e. The number of nitrogens with one attached hydrogen (secondary N) is 2. The fourth-order valence-corrected chi connectivity index (χ4v) is 3.26. The zero-order valence-corrected chi connectivity index (χ0v) is 15.7. The maximum absolute atomic E-state index is 11.8. The zero-order valence-electron chi connectivity index (χ0n) is 14.9. The summed E-state index contributed by atoms with van der Waals surface area (Å²) in [6.07, 6.45) is 0.526. The summed E-state index contributed by atoms with van der Waals surface area (Å²) in [4.78, 5) is 16.4. The van der Waals surface area contributed by atoms with Crippen molar-refractivity contribution in [3.05, 3.63) is 60.2 Å². The maximum Gasteiger partial charge on any atom is 0.224 e. The first-order chi connectivity index (χ1) is 12.6. The largest absolute Gasteiger partial charge is 0.326 e. The summed E-state index contributed by atoms with van der Waals surface area (Å²) >= 11 is 1.62. The number of carbonyl (C=O) groups excluding carboxylic acids is 1. The van der Waals surface area contributed by atoms with Gasteiger partial charge >= 0.3 is 0 Å². The Bertz CT molecular complexity index is 813. The molecule has 0 bridgehead atoms. The normalized spacial score (nSPS) is 15.5. The summed E-state index contributed by atoms with van der Waals surface area (Å²) in [7, 11) is 0. The van der Waals surface area contributed by atoms with Gasteiger partial charge in [0.15, 0.2) is 5.17 Å². The molecule has 0 saturated carbocycles. The second-order valence-electron chi connectivity index (χ2n) is 6.43. The lowest BCUT2D eigenvalue weighted by molar-refractivity contribution is -0.116. The van der Waals surface area contributed by atoms with E-state index in [2.05, 4.69) is 20.8 Å². The highest BCUT2D eigenvalue weighted by Crippen LogP contribution is 2.19. The molecule has 0 spiro atoms. The van der Waals surface area contributed by atoms with Crippen molar-refractivity contribution in [3.8, 4) is 0 Å². The number of amidine groups is 1. The number of para-hydroxylation sites is 1. The Morgan fingerprint density at radius 2 is 1.92 bits per heavy atom. The molecular weight excluding hydrogens is 344 g/mol. The first kappa shape index (κ1) is 18.2. The van der Waals surface area contributed by atoms with Gasteiger partial charge in [0, 0.05) is 17.9 Å². The van der Waals surface area contributed by atoms with Gasteiger partial charge in [-0.3, -0.25) is 10.2 Å². The van der Waals surface area contributed by atoms with Crippen LogP contribution in [0.5, 0.6) is 0 Å². The van der Waals surface area contributed by atoms with Crippen molar-refractivity contribution < 1.29 is 4.79 Å². The van der Waals surface area contributed by atoms with Gasteiger partial charge in [0.25, 0.3) is 0 Å². The summed E-state index contributed by atoms with van der Waals surface area (Å²) in [5.74, 6) is 1.14. The highest BCUT2D eigenvalue weighted by molar-refractivity contribution is 8.14. The van der Waals surface area contributed by atoms with Crippen molar-refractivity contribution in [2.75, 3.05) is 11.1 Å². The number of hydrogen-bond donors (Lipinski definition) is 2. The Hall–Kier alpha value is -2.60. The zero-order chi connectivity index (χ0) is 18.4. The maximum atomic E-state index is 11.8. The molecule has 1 amide bonds. The molecule has 1 aliphatic rings. The van der Waals surface area contributed by atoms with Gasteiger partial charge in [-0.15, -0.1) is 0 Å². The lowest BCUT2D eigenvalue weighted by atomic mass is 10.1. The summed E-state index contributed by atoms with van der Waals surface area (Å²) < 4.78 is 0. The second kappa shape index (κ2) is 8.67. The molecule has 26 heavy (non-hydrogen) atoms. The topological polar surface area (TPSA) is 65.8 Å². The van der Waals surface area contributed by atoms with Gasteiger partial charge in [-0.2, -0.15) is 5.10 Å². The lowest BCUT2D eigenvalue weighted by Gasteiger charge is -2.15. The van der Waals surface area contributed by atoms with E-state index in [1.165, 1.54) is 0 Å². The second-order valence-corrected chi connectivity index (χ2v) is 7.40. The number of hydrogen-bond acceptors (Lipinski definition) is 4. The average Bonchev–Trinajstić information content (AvgIpc) is 2.63. The smallest absolute Gasteiger partial charge is 0.224 e. The van der Waals surface area contributed by atoms with Crippen LogP contribution in [0.2, 0.25) is 0 Å². The van der Waals surface area contributed by atoms with Crippen molar-refractivity contribution in [1.29, 1.82) is 0 Å². The van der Waals surface area contributed by atoms with Crippen LogP contribution in [0, 0.1) is 5.92 Å². The quantitative estimate of drug-likeness (QED) is 0.824. The van der Waals surface area contributed by atoms with Crippen molar-refractivity contribution in [1.82, 2.24) is 5.43 Å². The van der Waals surface area contributed by atoms with Gasteiger partial charge in [0.1, 0.15) is 0 Å². The van der Waals surface area contributed by atoms with Crippen molar-refractivity contribution >= 4 is 39.9 Å². The average molecular weight is 366 g/mol. The molecule has 0 saturated heterocycles. The number of hydrazone groups is 1. The Kier molecular flexibility index (Phi) is 6.07. The highest BCUT2D eigenvalue weighted by Gasteiger charge is 2.13. The predicted octanol–water partition coefficient (Wildman–Crippen LogP) is 4.40. The standard InChI is InChI=1S/C20H22N4OS/c1-14(2)12-19(25)21-17-10-8-15(9-11-17)18-13-26-20(24-23-18)22-16-6-4-3-5-7-16/h3-11,14H,12-13H2,1-2H3,(H,21,25)(H,22,24). The SMILES string of the molecule is CC(C)CC(=O)Nc1ccc(C2=NNC(=Nc3ccccc3)SC2)cc1. The number of amides is 1. The summed E-state index contributed by atoms with van der Waals surface area (Å²) in [6.45, 7) is 4.06. The number of thioether (sulfide) groups is 1. The first-order valence-electron chi connectivity index (χ1n) is 8.59. The molecule has 134 valence electrons. The Morgan fingerprint density at radius 3 is 2.54 bits per heavy atom. The summed E-state index contributed by atoms with van der Waals surface area (Å²) in [5.41, 5.74) is 6.72. The number of anilines is 1. The van der Waals surface area contributed by atoms with Crippen LogP contribution >= 0.6 is 11.8 Å². The third-order valence-corrected chi connectivity index (χ3v) is 4.59. The number of rotatable bonds is 5. The van der Waals surface area contributed by atoms with Gasteiger partial charge in [0.2, 0.25) is 5.91 Å². The summed E-state index contributed by atoms with van der Waals surface area (Å²) in [5, 5.41) is 8.14. The molecule has 0 atom stereocenters. The van der Waals surface area contributed by atoms with Gasteiger partial charge in [-0.05, 0) is 35.7 Å². The minimum absolute atomic E-state index is 0.0433. The van der Waals surface area contributed by atoms with E-state index in [9.17, 15) is 4.79 Å². The molecule has 0 aromatic heterocycles. The van der Waals surface area contributed by atoms with Crippen LogP contribution < -0.4 is 10.7 Å². The monoisotopic (exact) mass is 366 g/mol. The molecule has 5 nitrogen and oxygen atoms in total. The van der Waals surface area contributed by atoms with E-state index >= 15 is 0 Å². The van der Waals surface area contributed by atoms with Crippen molar-refractivity contribution in [2.24, 2.45) is 16.0 Å². The Labute approximate surface area is 158 Å². The summed E-state index contributed by atoms with van der Waals surface area (Å²) in [6, 6.07) is 17.6. The molecule has 0 aliphatic carbocycles. The van der Waals surface area contributed by atoms with E-state index in [-0.39, 0.29) is 5.91 Å². The molecule has 6 heteroatoms. The Balaban J connectivity index is 1.62. The molecule has 2 aromatic carbocycles. The van der Waals surface area contributed by atoms with E-state index in [1.54, 1.807) is 11.8 Å². The van der Waals surface area contributed by atoms with Crippen molar-refractivity contribution in [2.45, 2.75) is 20.3 Å². The van der Waals surface area contributed by atoms with Crippen LogP contribution in [0.4, 0.5) is 11.4 Å². The molecule has 1 heterocycles. The van der Waals surface area contributed by atoms with Crippen LogP contribution in [0.15, 0.2) is 64.7 Å². The number of carbonyl (C=O) groups is 1. The van der Waals surface area contributed by atoms with Gasteiger partial charge in [-0.25, -0.2) is 4.99 Å². The molecule has 0 unspecified atom stereocenters. The van der Waals surface area contributed by atoms with E-state index in [1.807, 2.05) is 68.4 Å². The van der Waals surface area contributed by atoms with Crippen LogP contribution in [-0.2, 0) is 4.79 Å². The Morgan fingerprint density at radius 1 is 1.19 bits per heavy atom. The van der Waals surface area contributed by atoms with E-state index < -0.39 is 0 Å². The number of nitrogens with zero attached hydrogens (tertiary/aromatic N) is 2. The predicted molar refractivity (Wildman–Crippen MR) is 110 cm³/mol. The van der Waals surface area contributed by atoms with Gasteiger partial charge in [-0.1, -0.05) is 55.9 Å². The van der Waals surface area contributed by atoms with Gasteiger partial charge in [0.05, 0.1) is 11.4 Å². The lowest BCUT2D eigenvalue weighted by Crippen LogP contribution is -2.25. The van der Waals surface area contributed by atoms with Crippen LogP contribution in [0.25, 0.3) is 0 Å². The third-order valence-electron chi connectivity index (χ3n) is 3.71. The third kappa shape index (κ3) is 5.20. The van der Waals surface area contributed by atoms with Crippen LogP contribution in [-0.4, -0.2) is 22.5 Å². The molecule has 3 rings (SSSR count). The van der Waals surface area contributed by atoms with Crippen molar-refractivity contribution in [3.63, 3.8) is 0 Å². The van der Waals surface area contributed by atoms with Gasteiger partial charge < -0.3 is 5.32 Å². The molecule has 2 aromatic rings.